The van der Waals surface area contributed by atoms with E-state index in [-0.39, 0.29) is 5.92 Å². The van der Waals surface area contributed by atoms with Crippen molar-refractivity contribution in [3.8, 4) is 0 Å². The summed E-state index contributed by atoms with van der Waals surface area (Å²) in [5.74, 6) is 0.587. The zero-order valence-corrected chi connectivity index (χ0v) is 12.4. The number of sulfonamides is 1. The van der Waals surface area contributed by atoms with Gasteiger partial charge in [0.2, 0.25) is 0 Å². The maximum atomic E-state index is 11.9. The van der Waals surface area contributed by atoms with Crippen molar-refractivity contribution in [1.82, 2.24) is 9.71 Å². The Morgan fingerprint density at radius 3 is 2.95 bits per heavy atom. The zero-order chi connectivity index (χ0) is 14.2. The van der Waals surface area contributed by atoms with E-state index in [9.17, 15) is 8.42 Å². The fraction of sp³-hybridized carbons (Fsp3) is 0.231. The monoisotopic (exact) mass is 307 g/mol. The molecule has 1 N–H and O–H groups in total. The molecule has 0 saturated heterocycles. The van der Waals surface area contributed by atoms with Crippen LogP contribution in [0, 0.1) is 0 Å². The Morgan fingerprint density at radius 1 is 1.40 bits per heavy atom. The molecule has 2 aromatic rings. The molecule has 1 atom stereocenters. The number of nitrogens with one attached hydrogen (secondary N) is 1. The van der Waals surface area contributed by atoms with Crippen LogP contribution < -0.4 is 4.72 Å². The van der Waals surface area contributed by atoms with Crippen LogP contribution in [0.5, 0.6) is 0 Å². The lowest BCUT2D eigenvalue weighted by atomic mass is 10.2. The Balaban J connectivity index is 1.87. The molecular formula is C13H13N3O2S2. The van der Waals surface area contributed by atoms with E-state index in [0.717, 1.165) is 5.01 Å². The Hall–Kier alpha value is -1.73. The number of fused-ring (bicyclic) bond motifs is 1. The number of amidine groups is 1. The summed E-state index contributed by atoms with van der Waals surface area (Å²) in [6.45, 7) is 2.53. The van der Waals surface area contributed by atoms with E-state index in [1.807, 2.05) is 12.3 Å². The van der Waals surface area contributed by atoms with Crippen molar-refractivity contribution in [3.63, 3.8) is 0 Å². The highest BCUT2D eigenvalue weighted by Gasteiger charge is 2.30. The molecule has 0 amide bonds. The van der Waals surface area contributed by atoms with E-state index in [1.54, 1.807) is 41.8 Å². The number of nitrogens with zero attached hydrogens (tertiary/aromatic N) is 2. The van der Waals surface area contributed by atoms with Gasteiger partial charge >= 0.3 is 0 Å². The van der Waals surface area contributed by atoms with Crippen molar-refractivity contribution in [2.24, 2.45) is 4.99 Å². The van der Waals surface area contributed by atoms with E-state index in [2.05, 4.69) is 14.7 Å². The molecule has 1 aromatic heterocycles. The van der Waals surface area contributed by atoms with Gasteiger partial charge in [-0.3, -0.25) is 9.71 Å². The first-order valence-electron chi connectivity index (χ1n) is 6.14. The molecule has 0 saturated carbocycles. The van der Waals surface area contributed by atoms with E-state index in [1.165, 1.54) is 0 Å². The quantitative estimate of drug-likeness (QED) is 0.942. The fourth-order valence-electron chi connectivity index (χ4n) is 2.04. The average Bonchev–Trinajstić information content (AvgIpc) is 3.04. The molecule has 0 spiro atoms. The van der Waals surface area contributed by atoms with Gasteiger partial charge in [0.1, 0.15) is 5.84 Å². The standard InChI is InChI=1S/C13H13N3O2S2/c1-9(13-14-6-7-19-13)8-15-12-10-4-2-3-5-11(10)20(17,18)16-12/h2-7,9H,8H2,1H3,(H,15,16). The van der Waals surface area contributed by atoms with Crippen molar-refractivity contribution in [2.45, 2.75) is 17.7 Å². The second-order valence-electron chi connectivity index (χ2n) is 4.56. The van der Waals surface area contributed by atoms with Gasteiger partial charge in [0.05, 0.1) is 16.4 Å². The lowest BCUT2D eigenvalue weighted by Crippen LogP contribution is -2.22. The zero-order valence-electron chi connectivity index (χ0n) is 10.8. The lowest BCUT2D eigenvalue weighted by molar-refractivity contribution is 0.595. The van der Waals surface area contributed by atoms with Gasteiger partial charge in [-0.05, 0) is 12.1 Å². The highest BCUT2D eigenvalue weighted by atomic mass is 32.2. The first-order chi connectivity index (χ1) is 9.58. The summed E-state index contributed by atoms with van der Waals surface area (Å²) >= 11 is 1.58. The average molecular weight is 307 g/mol. The van der Waals surface area contributed by atoms with Gasteiger partial charge in [0, 0.05) is 23.1 Å². The van der Waals surface area contributed by atoms with Gasteiger partial charge in [-0.2, -0.15) is 0 Å². The van der Waals surface area contributed by atoms with Crippen LogP contribution in [0.25, 0.3) is 0 Å². The number of benzene rings is 1. The Labute approximate surface area is 121 Å². The maximum Gasteiger partial charge on any atom is 0.263 e. The van der Waals surface area contributed by atoms with Crippen LogP contribution in [0.15, 0.2) is 45.7 Å². The second kappa shape index (κ2) is 4.99. The van der Waals surface area contributed by atoms with Crippen LogP contribution in [0.2, 0.25) is 0 Å². The maximum absolute atomic E-state index is 11.9. The van der Waals surface area contributed by atoms with Gasteiger partial charge in [-0.15, -0.1) is 11.3 Å². The van der Waals surface area contributed by atoms with Crippen molar-refractivity contribution in [1.29, 1.82) is 0 Å². The van der Waals surface area contributed by atoms with Gasteiger partial charge in [0.25, 0.3) is 10.0 Å². The number of aromatic nitrogens is 1. The first kappa shape index (κ1) is 13.3. The molecule has 7 heteroatoms. The molecule has 5 nitrogen and oxygen atoms in total. The third-order valence-electron chi connectivity index (χ3n) is 3.06. The van der Waals surface area contributed by atoms with Crippen LogP contribution in [-0.2, 0) is 10.0 Å². The van der Waals surface area contributed by atoms with Crippen LogP contribution >= 0.6 is 11.3 Å². The van der Waals surface area contributed by atoms with E-state index < -0.39 is 10.0 Å². The molecule has 1 aromatic carbocycles. The van der Waals surface area contributed by atoms with E-state index in [4.69, 9.17) is 0 Å². The van der Waals surface area contributed by atoms with Gasteiger partial charge in [-0.25, -0.2) is 13.4 Å². The minimum absolute atomic E-state index is 0.166. The number of hydrogen-bond acceptors (Lipinski definition) is 5. The van der Waals surface area contributed by atoms with Crippen LogP contribution in [0.3, 0.4) is 0 Å². The molecule has 0 fully saturated rings. The molecule has 0 radical (unpaired) electrons. The van der Waals surface area contributed by atoms with Crippen molar-refractivity contribution in [2.75, 3.05) is 6.54 Å². The summed E-state index contributed by atoms with van der Waals surface area (Å²) in [6, 6.07) is 6.87. The summed E-state index contributed by atoms with van der Waals surface area (Å²) in [6.07, 6.45) is 1.76. The number of rotatable bonds is 3. The Bertz CT molecular complexity index is 752. The molecule has 20 heavy (non-hydrogen) atoms. The molecule has 0 bridgehead atoms. The minimum Gasteiger partial charge on any atom is -0.267 e. The molecule has 1 aliphatic rings. The smallest absolute Gasteiger partial charge is 0.263 e. The number of hydrogen-bond donors (Lipinski definition) is 1. The predicted octanol–water partition coefficient (Wildman–Crippen LogP) is 1.99. The molecular weight excluding hydrogens is 294 g/mol. The van der Waals surface area contributed by atoms with Gasteiger partial charge < -0.3 is 0 Å². The van der Waals surface area contributed by atoms with Crippen molar-refractivity contribution >= 4 is 27.2 Å². The van der Waals surface area contributed by atoms with Crippen molar-refractivity contribution in [3.05, 3.63) is 46.4 Å². The fourth-order valence-corrected chi connectivity index (χ4v) is 3.98. The summed E-state index contributed by atoms with van der Waals surface area (Å²) in [7, 11) is -3.45. The van der Waals surface area contributed by atoms with Crippen LogP contribution in [0.4, 0.5) is 0 Å². The van der Waals surface area contributed by atoms with E-state index >= 15 is 0 Å². The Morgan fingerprint density at radius 2 is 2.20 bits per heavy atom. The molecule has 2 heterocycles. The molecule has 3 rings (SSSR count). The minimum atomic E-state index is -3.45. The molecule has 1 aliphatic heterocycles. The van der Waals surface area contributed by atoms with Gasteiger partial charge in [-0.1, -0.05) is 19.1 Å². The van der Waals surface area contributed by atoms with Crippen LogP contribution in [0.1, 0.15) is 23.4 Å². The molecule has 104 valence electrons. The summed E-state index contributed by atoms with van der Waals surface area (Å²) < 4.78 is 26.4. The second-order valence-corrected chi connectivity index (χ2v) is 7.14. The van der Waals surface area contributed by atoms with Crippen molar-refractivity contribution < 1.29 is 8.42 Å². The lowest BCUT2D eigenvalue weighted by Gasteiger charge is -2.05. The highest BCUT2D eigenvalue weighted by molar-refractivity contribution is 7.90. The summed E-state index contributed by atoms with van der Waals surface area (Å²) in [5, 5.41) is 2.93. The summed E-state index contributed by atoms with van der Waals surface area (Å²) in [4.78, 5) is 8.95. The predicted molar refractivity (Wildman–Crippen MR) is 78.7 cm³/mol. The first-order valence-corrected chi connectivity index (χ1v) is 8.50. The normalized spacial score (nSPS) is 19.6. The van der Waals surface area contributed by atoms with Gasteiger partial charge in [0.15, 0.2) is 0 Å². The van der Waals surface area contributed by atoms with E-state index in [0.29, 0.717) is 22.8 Å². The van der Waals surface area contributed by atoms with Crippen LogP contribution in [-0.4, -0.2) is 25.8 Å². The SMILES string of the molecule is CC(CN=C1NS(=O)(=O)c2ccccc21)c1nccs1. The summed E-state index contributed by atoms with van der Waals surface area (Å²) in [5.41, 5.74) is 0.638. The topological polar surface area (TPSA) is 71.4 Å². The number of thiazole rings is 1. The molecule has 1 unspecified atom stereocenters. The number of aliphatic imine (C=N–C) groups is 1. The third kappa shape index (κ3) is 2.34. The largest absolute Gasteiger partial charge is 0.267 e. The highest BCUT2D eigenvalue weighted by Crippen LogP contribution is 2.23. The third-order valence-corrected chi connectivity index (χ3v) is 5.46. The molecule has 0 aliphatic carbocycles. The Kier molecular flexibility index (Phi) is 3.31.